The number of aliphatic carboxylic acids is 1. The number of rotatable bonds is 3. The SMILES string of the molecule is CC(=O)OOCC(=O)O. The first-order valence-corrected chi connectivity index (χ1v) is 2.14. The van der Waals surface area contributed by atoms with Gasteiger partial charge in [-0.3, -0.25) is 4.89 Å². The Hall–Kier alpha value is -1.10. The van der Waals surface area contributed by atoms with E-state index < -0.39 is 18.5 Å². The molecule has 0 saturated carbocycles. The highest BCUT2D eigenvalue weighted by atomic mass is 17.2. The third-order valence-corrected chi connectivity index (χ3v) is 0.359. The Kier molecular flexibility index (Phi) is 3.38. The lowest BCUT2D eigenvalue weighted by Gasteiger charge is -1.94. The van der Waals surface area contributed by atoms with E-state index in [9.17, 15) is 9.59 Å². The summed E-state index contributed by atoms with van der Waals surface area (Å²) in [5, 5.41) is 7.91. The van der Waals surface area contributed by atoms with E-state index in [1.165, 1.54) is 0 Å². The van der Waals surface area contributed by atoms with Crippen molar-refractivity contribution in [1.29, 1.82) is 0 Å². The summed E-state index contributed by atoms with van der Waals surface area (Å²) in [6, 6.07) is 0. The van der Waals surface area contributed by atoms with Crippen molar-refractivity contribution in [1.82, 2.24) is 0 Å². The minimum Gasteiger partial charge on any atom is -0.479 e. The second-order valence-electron chi connectivity index (χ2n) is 1.23. The first-order valence-electron chi connectivity index (χ1n) is 2.14. The summed E-state index contributed by atoms with van der Waals surface area (Å²) in [5.74, 6) is -1.85. The van der Waals surface area contributed by atoms with Gasteiger partial charge in [0.1, 0.15) is 0 Å². The molecule has 0 aromatic heterocycles. The number of carboxylic acids is 1. The maximum absolute atomic E-state index is 9.89. The van der Waals surface area contributed by atoms with Crippen LogP contribution in [-0.4, -0.2) is 23.7 Å². The number of carbonyl (C=O) groups excluding carboxylic acids is 1. The third-order valence-electron chi connectivity index (χ3n) is 0.359. The number of hydrogen-bond acceptors (Lipinski definition) is 4. The smallest absolute Gasteiger partial charge is 0.339 e. The molecule has 0 aromatic rings. The van der Waals surface area contributed by atoms with E-state index in [2.05, 4.69) is 9.78 Å². The predicted octanol–water partition coefficient (Wildman–Crippen LogP) is -0.434. The fourth-order valence-electron chi connectivity index (χ4n) is 0.163. The normalized spacial score (nSPS) is 8.56. The van der Waals surface area contributed by atoms with Crippen molar-refractivity contribution in [3.63, 3.8) is 0 Å². The molecule has 5 nitrogen and oxygen atoms in total. The second-order valence-corrected chi connectivity index (χ2v) is 1.23. The van der Waals surface area contributed by atoms with Gasteiger partial charge in [0.25, 0.3) is 0 Å². The zero-order valence-corrected chi connectivity index (χ0v) is 4.79. The molecule has 0 aromatic carbocycles. The predicted molar refractivity (Wildman–Crippen MR) is 25.4 cm³/mol. The van der Waals surface area contributed by atoms with Crippen molar-refractivity contribution >= 4 is 11.9 Å². The fourth-order valence-corrected chi connectivity index (χ4v) is 0.163. The van der Waals surface area contributed by atoms with Gasteiger partial charge in [0.05, 0.1) is 0 Å². The van der Waals surface area contributed by atoms with Crippen LogP contribution in [0.2, 0.25) is 0 Å². The second kappa shape index (κ2) is 3.85. The lowest BCUT2D eigenvalue weighted by molar-refractivity contribution is -0.268. The molecule has 0 saturated heterocycles. The zero-order chi connectivity index (χ0) is 7.28. The molecule has 0 unspecified atom stereocenters. The average Bonchev–Trinajstić information content (AvgIpc) is 1.63. The van der Waals surface area contributed by atoms with Gasteiger partial charge in [-0.05, 0) is 0 Å². The van der Waals surface area contributed by atoms with Crippen molar-refractivity contribution in [2.24, 2.45) is 0 Å². The highest BCUT2D eigenvalue weighted by Crippen LogP contribution is 1.78. The minimum atomic E-state index is -1.18. The van der Waals surface area contributed by atoms with Gasteiger partial charge in [-0.1, -0.05) is 0 Å². The van der Waals surface area contributed by atoms with Crippen LogP contribution in [-0.2, 0) is 19.4 Å². The van der Waals surface area contributed by atoms with Crippen LogP contribution >= 0.6 is 0 Å². The van der Waals surface area contributed by atoms with Crippen LogP contribution in [0.4, 0.5) is 0 Å². The maximum atomic E-state index is 9.89. The van der Waals surface area contributed by atoms with Crippen LogP contribution < -0.4 is 0 Å². The molecule has 0 bridgehead atoms. The summed E-state index contributed by atoms with van der Waals surface area (Å²) < 4.78 is 0. The van der Waals surface area contributed by atoms with E-state index in [4.69, 9.17) is 5.11 Å². The summed E-state index contributed by atoms with van der Waals surface area (Å²) in [6.45, 7) is 0.488. The summed E-state index contributed by atoms with van der Waals surface area (Å²) >= 11 is 0. The standard InChI is InChI=1S/C4H6O5/c1-3(5)9-8-2-4(6)7/h2H2,1H3,(H,6,7). The van der Waals surface area contributed by atoms with Crippen LogP contribution in [0.15, 0.2) is 0 Å². The van der Waals surface area contributed by atoms with Crippen molar-refractivity contribution in [3.05, 3.63) is 0 Å². The molecule has 52 valence electrons. The van der Waals surface area contributed by atoms with E-state index >= 15 is 0 Å². The zero-order valence-electron chi connectivity index (χ0n) is 4.79. The Bertz CT molecular complexity index is 104. The Morgan fingerprint density at radius 2 is 2.11 bits per heavy atom. The Morgan fingerprint density at radius 3 is 2.44 bits per heavy atom. The van der Waals surface area contributed by atoms with Crippen LogP contribution in [0.3, 0.4) is 0 Å². The molecule has 0 atom stereocenters. The summed E-state index contributed by atoms with van der Waals surface area (Å²) in [4.78, 5) is 27.3. The van der Waals surface area contributed by atoms with Gasteiger partial charge in [0.15, 0.2) is 6.61 Å². The molecular formula is C4H6O5. The molecule has 1 N–H and O–H groups in total. The van der Waals surface area contributed by atoms with E-state index in [-0.39, 0.29) is 0 Å². The molecule has 0 spiro atoms. The molecule has 0 aliphatic rings. The summed E-state index contributed by atoms with van der Waals surface area (Å²) in [5.41, 5.74) is 0. The maximum Gasteiger partial charge on any atom is 0.339 e. The average molecular weight is 134 g/mol. The molecule has 0 radical (unpaired) electrons. The number of carboxylic acid groups (broad SMARTS) is 1. The van der Waals surface area contributed by atoms with Gasteiger partial charge in [0, 0.05) is 6.92 Å². The van der Waals surface area contributed by atoms with Gasteiger partial charge in [-0.2, -0.15) is 4.89 Å². The highest BCUT2D eigenvalue weighted by molar-refractivity contribution is 5.68. The molecule has 5 heteroatoms. The molecule has 0 aliphatic heterocycles. The third kappa shape index (κ3) is 6.90. The quantitative estimate of drug-likeness (QED) is 0.418. The lowest BCUT2D eigenvalue weighted by atomic mass is 10.8. The monoisotopic (exact) mass is 134 g/mol. The first kappa shape index (κ1) is 7.90. The van der Waals surface area contributed by atoms with Gasteiger partial charge in [-0.15, -0.1) is 0 Å². The Labute approximate surface area is 51.1 Å². The van der Waals surface area contributed by atoms with E-state index in [0.717, 1.165) is 6.92 Å². The number of hydrogen-bond donors (Lipinski definition) is 1. The highest BCUT2D eigenvalue weighted by Gasteiger charge is 1.98. The van der Waals surface area contributed by atoms with Crippen molar-refractivity contribution < 1.29 is 24.5 Å². The van der Waals surface area contributed by atoms with Crippen LogP contribution in [0.25, 0.3) is 0 Å². The molecule has 9 heavy (non-hydrogen) atoms. The largest absolute Gasteiger partial charge is 0.479 e. The van der Waals surface area contributed by atoms with Gasteiger partial charge < -0.3 is 5.11 Å². The van der Waals surface area contributed by atoms with Crippen molar-refractivity contribution in [3.8, 4) is 0 Å². The van der Waals surface area contributed by atoms with Crippen LogP contribution in [0, 0.1) is 0 Å². The molecule has 0 heterocycles. The summed E-state index contributed by atoms with van der Waals surface area (Å²) in [7, 11) is 0. The van der Waals surface area contributed by atoms with Crippen molar-refractivity contribution in [2.45, 2.75) is 6.92 Å². The Morgan fingerprint density at radius 1 is 1.56 bits per heavy atom. The fraction of sp³-hybridized carbons (Fsp3) is 0.500. The van der Waals surface area contributed by atoms with Crippen LogP contribution in [0.1, 0.15) is 6.92 Å². The van der Waals surface area contributed by atoms with E-state index in [1.807, 2.05) is 0 Å². The van der Waals surface area contributed by atoms with E-state index in [0.29, 0.717) is 0 Å². The summed E-state index contributed by atoms with van der Waals surface area (Å²) in [6.07, 6.45) is 0. The first-order chi connectivity index (χ1) is 4.13. The molecular weight excluding hydrogens is 128 g/mol. The van der Waals surface area contributed by atoms with E-state index in [1.54, 1.807) is 0 Å². The van der Waals surface area contributed by atoms with Gasteiger partial charge in [0.2, 0.25) is 0 Å². The van der Waals surface area contributed by atoms with Gasteiger partial charge in [-0.25, -0.2) is 9.59 Å². The number of carbonyl (C=O) groups is 2. The lowest BCUT2D eigenvalue weighted by Crippen LogP contribution is -2.09. The topological polar surface area (TPSA) is 72.8 Å². The molecule has 0 fully saturated rings. The van der Waals surface area contributed by atoms with Crippen molar-refractivity contribution in [2.75, 3.05) is 6.61 Å². The van der Waals surface area contributed by atoms with Gasteiger partial charge >= 0.3 is 11.9 Å². The Balaban J connectivity index is 3.10. The van der Waals surface area contributed by atoms with Crippen LogP contribution in [0.5, 0.6) is 0 Å². The molecule has 0 aliphatic carbocycles. The minimum absolute atomic E-state index is 0.625. The molecule has 0 amide bonds. The molecule has 0 rings (SSSR count).